The van der Waals surface area contributed by atoms with Gasteiger partial charge in [-0.25, -0.2) is 9.59 Å². The van der Waals surface area contributed by atoms with Crippen molar-refractivity contribution in [2.24, 2.45) is 5.92 Å². The first-order valence-corrected chi connectivity index (χ1v) is 8.55. The molecule has 1 aliphatic heterocycles. The number of likely N-dealkylation sites (tertiary alicyclic amines) is 1. The van der Waals surface area contributed by atoms with Crippen molar-refractivity contribution in [3.05, 3.63) is 18.0 Å². The zero-order valence-corrected chi connectivity index (χ0v) is 13.8. The number of ether oxygens (including phenoxy) is 1. The minimum atomic E-state index is -0.408. The van der Waals surface area contributed by atoms with Crippen molar-refractivity contribution in [1.29, 1.82) is 0 Å². The molecule has 6 nitrogen and oxygen atoms in total. The molecule has 2 fully saturated rings. The first-order valence-electron chi connectivity index (χ1n) is 8.55. The summed E-state index contributed by atoms with van der Waals surface area (Å²) in [5.41, 5.74) is 0.955. The summed E-state index contributed by atoms with van der Waals surface area (Å²) in [6.45, 7) is 4.21. The van der Waals surface area contributed by atoms with Crippen LogP contribution in [0.4, 0.5) is 10.5 Å². The van der Waals surface area contributed by atoms with E-state index >= 15 is 0 Å². The molecule has 0 spiro atoms. The number of urea groups is 1. The Bertz CT molecular complexity index is 583. The highest BCUT2D eigenvalue weighted by molar-refractivity contribution is 5.93. The van der Waals surface area contributed by atoms with Gasteiger partial charge in [-0.1, -0.05) is 12.8 Å². The number of esters is 1. The minimum Gasteiger partial charge on any atom is -0.461 e. The van der Waals surface area contributed by atoms with Gasteiger partial charge < -0.3 is 19.9 Å². The van der Waals surface area contributed by atoms with Crippen molar-refractivity contribution in [3.8, 4) is 0 Å². The second-order valence-corrected chi connectivity index (χ2v) is 6.56. The van der Waals surface area contributed by atoms with Gasteiger partial charge in [0.05, 0.1) is 12.3 Å². The van der Waals surface area contributed by atoms with Crippen LogP contribution in [0.25, 0.3) is 0 Å². The number of aromatic amines is 1. The summed E-state index contributed by atoms with van der Waals surface area (Å²) in [5, 5.41) is 2.91. The molecule has 1 aromatic heterocycles. The van der Waals surface area contributed by atoms with Gasteiger partial charge in [0.15, 0.2) is 0 Å². The van der Waals surface area contributed by atoms with E-state index in [0.717, 1.165) is 12.8 Å². The number of hydrogen-bond donors (Lipinski definition) is 2. The summed E-state index contributed by atoms with van der Waals surface area (Å²) < 4.78 is 4.94. The molecule has 2 amide bonds. The molecule has 3 rings (SSSR count). The average Bonchev–Trinajstić information content (AvgIpc) is 3.10. The lowest BCUT2D eigenvalue weighted by Crippen LogP contribution is -2.44. The number of H-pyrrole nitrogens is 1. The van der Waals surface area contributed by atoms with Crippen LogP contribution < -0.4 is 5.32 Å². The summed E-state index contributed by atoms with van der Waals surface area (Å²) in [7, 11) is 0. The Morgan fingerprint density at radius 3 is 2.96 bits per heavy atom. The molecule has 0 bridgehead atoms. The lowest BCUT2D eigenvalue weighted by Gasteiger charge is -2.33. The van der Waals surface area contributed by atoms with Crippen LogP contribution in [-0.2, 0) is 4.74 Å². The smallest absolute Gasteiger partial charge is 0.354 e. The van der Waals surface area contributed by atoms with E-state index in [2.05, 4.69) is 17.2 Å². The summed E-state index contributed by atoms with van der Waals surface area (Å²) in [6, 6.07) is 2.18. The monoisotopic (exact) mass is 319 g/mol. The van der Waals surface area contributed by atoms with Crippen LogP contribution in [0.15, 0.2) is 12.3 Å². The van der Waals surface area contributed by atoms with Crippen molar-refractivity contribution in [2.75, 3.05) is 11.9 Å². The van der Waals surface area contributed by atoms with E-state index in [0.29, 0.717) is 29.9 Å². The maximum atomic E-state index is 12.7. The molecule has 1 saturated carbocycles. The van der Waals surface area contributed by atoms with Crippen LogP contribution in [0.5, 0.6) is 0 Å². The quantitative estimate of drug-likeness (QED) is 0.839. The molecule has 2 N–H and O–H groups in total. The summed E-state index contributed by atoms with van der Waals surface area (Å²) in [4.78, 5) is 29.2. The Morgan fingerprint density at radius 1 is 1.39 bits per heavy atom. The molecular formula is C17H25N3O3. The second kappa shape index (κ2) is 6.64. The Kier molecular flexibility index (Phi) is 4.59. The van der Waals surface area contributed by atoms with Crippen molar-refractivity contribution in [1.82, 2.24) is 9.88 Å². The largest absolute Gasteiger partial charge is 0.461 e. The van der Waals surface area contributed by atoms with Crippen molar-refractivity contribution < 1.29 is 14.3 Å². The maximum absolute atomic E-state index is 12.7. The molecule has 3 atom stereocenters. The highest BCUT2D eigenvalue weighted by Crippen LogP contribution is 2.39. The van der Waals surface area contributed by atoms with Crippen molar-refractivity contribution in [3.63, 3.8) is 0 Å². The van der Waals surface area contributed by atoms with E-state index in [1.165, 1.54) is 19.3 Å². The molecular weight excluding hydrogens is 294 g/mol. The fourth-order valence-corrected chi connectivity index (χ4v) is 4.04. The van der Waals surface area contributed by atoms with E-state index < -0.39 is 5.97 Å². The third kappa shape index (κ3) is 3.21. The van der Waals surface area contributed by atoms with E-state index in [1.54, 1.807) is 19.2 Å². The van der Waals surface area contributed by atoms with Crippen LogP contribution in [0, 0.1) is 5.92 Å². The van der Waals surface area contributed by atoms with Gasteiger partial charge in [0.25, 0.3) is 0 Å². The number of aromatic nitrogens is 1. The van der Waals surface area contributed by atoms with Gasteiger partial charge in [-0.15, -0.1) is 0 Å². The van der Waals surface area contributed by atoms with Crippen molar-refractivity contribution in [2.45, 2.75) is 58.0 Å². The first-order chi connectivity index (χ1) is 11.1. The number of nitrogens with one attached hydrogen (secondary N) is 2. The number of carbonyl (C=O) groups excluding carboxylic acids is 2. The van der Waals surface area contributed by atoms with Crippen LogP contribution in [-0.4, -0.2) is 40.6 Å². The molecule has 1 aliphatic carbocycles. The molecule has 2 aliphatic rings. The van der Waals surface area contributed by atoms with Gasteiger partial charge in [0.2, 0.25) is 0 Å². The second-order valence-electron chi connectivity index (χ2n) is 6.56. The van der Waals surface area contributed by atoms with Gasteiger partial charge in [-0.2, -0.15) is 0 Å². The Labute approximate surface area is 136 Å². The normalized spacial score (nSPS) is 26.7. The molecule has 0 aromatic carbocycles. The fraction of sp³-hybridized carbons (Fsp3) is 0.647. The van der Waals surface area contributed by atoms with Crippen molar-refractivity contribution >= 4 is 17.7 Å². The average molecular weight is 319 g/mol. The third-order valence-corrected chi connectivity index (χ3v) is 5.01. The van der Waals surface area contributed by atoms with E-state index in [9.17, 15) is 9.59 Å². The maximum Gasteiger partial charge on any atom is 0.354 e. The number of hydrogen-bond acceptors (Lipinski definition) is 3. The first kappa shape index (κ1) is 15.9. The lowest BCUT2D eigenvalue weighted by atomic mass is 9.85. The van der Waals surface area contributed by atoms with Crippen LogP contribution in [0.1, 0.15) is 56.4 Å². The van der Waals surface area contributed by atoms with Gasteiger partial charge in [0.1, 0.15) is 5.69 Å². The predicted molar refractivity (Wildman–Crippen MR) is 87.4 cm³/mol. The highest BCUT2D eigenvalue weighted by atomic mass is 16.5. The summed E-state index contributed by atoms with van der Waals surface area (Å²) in [6.07, 6.45) is 7.54. The number of rotatable bonds is 3. The number of nitrogens with zero attached hydrogens (tertiary/aromatic N) is 1. The molecule has 2 heterocycles. The zero-order valence-electron chi connectivity index (χ0n) is 13.8. The molecule has 0 unspecified atom stereocenters. The predicted octanol–water partition coefficient (Wildman–Crippen LogP) is 3.38. The SMILES string of the molecule is CCOC(=O)c1cc(NC(=O)N2[C@H](C)C[C@@H]3CCCC[C@@H]32)c[nH]1. The number of fused-ring (bicyclic) bond motifs is 1. The van der Waals surface area contributed by atoms with Crippen LogP contribution in [0.3, 0.4) is 0 Å². The van der Waals surface area contributed by atoms with Gasteiger partial charge in [-0.3, -0.25) is 0 Å². The summed E-state index contributed by atoms with van der Waals surface area (Å²) >= 11 is 0. The Morgan fingerprint density at radius 2 is 2.17 bits per heavy atom. The molecule has 6 heteroatoms. The zero-order chi connectivity index (χ0) is 16.4. The molecule has 1 aromatic rings. The van der Waals surface area contributed by atoms with Crippen LogP contribution >= 0.6 is 0 Å². The van der Waals surface area contributed by atoms with E-state index in [4.69, 9.17) is 4.74 Å². The number of carbonyl (C=O) groups is 2. The molecule has 1 saturated heterocycles. The van der Waals surface area contributed by atoms with Gasteiger partial charge >= 0.3 is 12.0 Å². The number of amides is 2. The fourth-order valence-electron chi connectivity index (χ4n) is 4.04. The van der Waals surface area contributed by atoms with Gasteiger partial charge in [-0.05, 0) is 45.1 Å². The lowest BCUT2D eigenvalue weighted by molar-refractivity contribution is 0.0520. The minimum absolute atomic E-state index is 0.0682. The number of anilines is 1. The standard InChI is InChI=1S/C17H25N3O3/c1-3-23-16(21)14-9-13(10-18-14)19-17(22)20-11(2)8-12-6-4-5-7-15(12)20/h9-12,15,18H,3-8H2,1-2H3,(H,19,22)/t11-,12+,15+/m1/s1. The molecule has 23 heavy (non-hydrogen) atoms. The Balaban J connectivity index is 1.66. The van der Waals surface area contributed by atoms with E-state index in [1.807, 2.05) is 4.90 Å². The summed E-state index contributed by atoms with van der Waals surface area (Å²) in [5.74, 6) is 0.237. The van der Waals surface area contributed by atoms with Gasteiger partial charge in [0, 0.05) is 18.3 Å². The van der Waals surface area contributed by atoms with Crippen LogP contribution in [0.2, 0.25) is 0 Å². The topological polar surface area (TPSA) is 74.4 Å². The molecule has 126 valence electrons. The Hall–Kier alpha value is -1.98. The third-order valence-electron chi connectivity index (χ3n) is 5.01. The van der Waals surface area contributed by atoms with E-state index in [-0.39, 0.29) is 12.1 Å². The highest BCUT2D eigenvalue weighted by Gasteiger charge is 2.42. The molecule has 0 radical (unpaired) electrons.